The number of rotatable bonds is 4. The van der Waals surface area contributed by atoms with E-state index < -0.39 is 34.7 Å². The Kier molecular flexibility index (Phi) is 3.97. The second-order valence-corrected chi connectivity index (χ2v) is 4.68. The molecule has 110 valence electrons. The van der Waals surface area contributed by atoms with Gasteiger partial charge < -0.3 is 16.2 Å². The number of nitrogens with one attached hydrogen (secondary N) is 1. The molecule has 0 aromatic heterocycles. The van der Waals surface area contributed by atoms with Crippen molar-refractivity contribution in [1.29, 1.82) is 0 Å². The monoisotopic (exact) mass is 290 g/mol. The number of alkyl halides is 3. The number of anilines is 1. The number of carboxylic acid groups (broad SMARTS) is 1. The lowest BCUT2D eigenvalue weighted by molar-refractivity contribution is -0.141. The van der Waals surface area contributed by atoms with Crippen molar-refractivity contribution in [3.05, 3.63) is 29.3 Å². The summed E-state index contributed by atoms with van der Waals surface area (Å²) in [5.74, 6) is -2.44. The number of halogens is 3. The van der Waals surface area contributed by atoms with Crippen LogP contribution in [0.2, 0.25) is 0 Å². The Morgan fingerprint density at radius 1 is 1.25 bits per heavy atom. The van der Waals surface area contributed by atoms with E-state index >= 15 is 0 Å². The largest absolute Gasteiger partial charge is 0.480 e. The van der Waals surface area contributed by atoms with Crippen molar-refractivity contribution >= 4 is 17.6 Å². The van der Waals surface area contributed by atoms with Gasteiger partial charge in [0.05, 0.1) is 11.1 Å². The van der Waals surface area contributed by atoms with Crippen molar-refractivity contribution in [3.8, 4) is 0 Å². The topological polar surface area (TPSA) is 92.4 Å². The predicted molar refractivity (Wildman–Crippen MR) is 65.3 cm³/mol. The number of hydrogen-bond acceptors (Lipinski definition) is 3. The molecule has 1 amide bonds. The fraction of sp³-hybridized carbons (Fsp3) is 0.333. The highest BCUT2D eigenvalue weighted by atomic mass is 19.4. The molecular formula is C12H13F3N2O3. The first-order chi connectivity index (χ1) is 8.95. The molecule has 0 heterocycles. The Bertz CT molecular complexity index is 553. The van der Waals surface area contributed by atoms with Crippen LogP contribution in [-0.2, 0) is 11.0 Å². The van der Waals surface area contributed by atoms with Crippen molar-refractivity contribution < 1.29 is 27.9 Å². The molecule has 20 heavy (non-hydrogen) atoms. The van der Waals surface area contributed by atoms with Gasteiger partial charge in [-0.1, -0.05) is 0 Å². The van der Waals surface area contributed by atoms with Crippen LogP contribution in [0.4, 0.5) is 18.9 Å². The number of aliphatic carboxylic acids is 1. The second-order valence-electron chi connectivity index (χ2n) is 4.68. The average Bonchev–Trinajstić information content (AvgIpc) is 2.26. The summed E-state index contributed by atoms with van der Waals surface area (Å²) in [6.45, 7) is 2.59. The molecule has 0 aliphatic carbocycles. The standard InChI is InChI=1S/C12H13F3N2O3/c1-11(2,10(19)20)17-6-3-4-7(9(16)18)8(5-6)12(13,14)15/h3-5,17H,1-2H3,(H2,16,18)(H,19,20). The van der Waals surface area contributed by atoms with Gasteiger partial charge in [-0.3, -0.25) is 4.79 Å². The Hall–Kier alpha value is -2.25. The summed E-state index contributed by atoms with van der Waals surface area (Å²) in [6, 6.07) is 2.73. The molecule has 0 bridgehead atoms. The molecule has 1 aromatic carbocycles. The minimum Gasteiger partial charge on any atom is -0.480 e. The molecule has 1 rings (SSSR count). The van der Waals surface area contributed by atoms with Crippen LogP contribution in [0.5, 0.6) is 0 Å². The number of nitrogens with two attached hydrogens (primary N) is 1. The third-order valence-electron chi connectivity index (χ3n) is 2.58. The van der Waals surface area contributed by atoms with Crippen molar-refractivity contribution in [2.24, 2.45) is 5.73 Å². The van der Waals surface area contributed by atoms with Crippen LogP contribution in [0.1, 0.15) is 29.8 Å². The maximum Gasteiger partial charge on any atom is 0.417 e. The molecule has 0 saturated heterocycles. The predicted octanol–water partition coefficient (Wildman–Crippen LogP) is 2.08. The van der Waals surface area contributed by atoms with Gasteiger partial charge in [-0.15, -0.1) is 0 Å². The molecule has 0 atom stereocenters. The highest BCUT2D eigenvalue weighted by Gasteiger charge is 2.36. The minimum absolute atomic E-state index is 0.0743. The lowest BCUT2D eigenvalue weighted by Gasteiger charge is -2.23. The summed E-state index contributed by atoms with van der Waals surface area (Å²) in [4.78, 5) is 21.9. The van der Waals surface area contributed by atoms with E-state index in [2.05, 4.69) is 5.32 Å². The van der Waals surface area contributed by atoms with Crippen LogP contribution in [0.15, 0.2) is 18.2 Å². The lowest BCUT2D eigenvalue weighted by atomic mass is 10.0. The Morgan fingerprint density at radius 2 is 1.80 bits per heavy atom. The summed E-state index contributed by atoms with van der Waals surface area (Å²) in [5, 5.41) is 11.4. The van der Waals surface area contributed by atoms with Gasteiger partial charge >= 0.3 is 12.1 Å². The maximum atomic E-state index is 12.8. The second kappa shape index (κ2) is 5.03. The van der Waals surface area contributed by atoms with Gasteiger partial charge in [0.1, 0.15) is 5.54 Å². The Balaban J connectivity index is 3.27. The number of benzene rings is 1. The van der Waals surface area contributed by atoms with Crippen LogP contribution < -0.4 is 11.1 Å². The van der Waals surface area contributed by atoms with Crippen LogP contribution in [0.3, 0.4) is 0 Å². The zero-order valence-electron chi connectivity index (χ0n) is 10.7. The normalized spacial score (nSPS) is 12.1. The van der Waals surface area contributed by atoms with Crippen molar-refractivity contribution in [2.75, 3.05) is 5.32 Å². The van der Waals surface area contributed by atoms with Gasteiger partial charge in [0.15, 0.2) is 0 Å². The van der Waals surface area contributed by atoms with Gasteiger partial charge in [-0.05, 0) is 32.0 Å². The Labute approximate surface area is 112 Å². The van der Waals surface area contributed by atoms with Gasteiger partial charge in [0.2, 0.25) is 5.91 Å². The molecule has 0 saturated carbocycles. The number of carboxylic acids is 1. The molecule has 5 nitrogen and oxygen atoms in total. The van der Waals surface area contributed by atoms with Gasteiger partial charge in [0, 0.05) is 5.69 Å². The van der Waals surface area contributed by atoms with E-state index in [0.29, 0.717) is 6.07 Å². The fourth-order valence-corrected chi connectivity index (χ4v) is 1.49. The zero-order valence-corrected chi connectivity index (χ0v) is 10.7. The number of carbonyl (C=O) groups excluding carboxylic acids is 1. The van der Waals surface area contributed by atoms with Crippen molar-refractivity contribution in [1.82, 2.24) is 0 Å². The van der Waals surface area contributed by atoms with Gasteiger partial charge in [-0.2, -0.15) is 13.2 Å². The minimum atomic E-state index is -4.77. The third kappa shape index (κ3) is 3.40. The van der Waals surface area contributed by atoms with Crippen molar-refractivity contribution in [3.63, 3.8) is 0 Å². The highest BCUT2D eigenvalue weighted by molar-refractivity contribution is 5.95. The number of hydrogen-bond donors (Lipinski definition) is 3. The first kappa shape index (κ1) is 15.8. The number of amides is 1. The van der Waals surface area contributed by atoms with E-state index in [1.165, 1.54) is 19.9 Å². The van der Waals surface area contributed by atoms with Crippen LogP contribution in [0, 0.1) is 0 Å². The molecule has 0 spiro atoms. The molecule has 0 unspecified atom stereocenters. The van der Waals surface area contributed by atoms with Crippen LogP contribution >= 0.6 is 0 Å². The van der Waals surface area contributed by atoms with Crippen LogP contribution in [0.25, 0.3) is 0 Å². The van der Waals surface area contributed by atoms with Crippen LogP contribution in [-0.4, -0.2) is 22.5 Å². The molecule has 0 fully saturated rings. The number of primary amides is 1. The molecule has 0 aliphatic heterocycles. The lowest BCUT2D eigenvalue weighted by Crippen LogP contribution is -2.40. The van der Waals surface area contributed by atoms with E-state index in [9.17, 15) is 22.8 Å². The van der Waals surface area contributed by atoms with Gasteiger partial charge in [-0.25, -0.2) is 4.79 Å². The van der Waals surface area contributed by atoms with Gasteiger partial charge in [0.25, 0.3) is 0 Å². The third-order valence-corrected chi connectivity index (χ3v) is 2.58. The summed E-state index contributed by atoms with van der Waals surface area (Å²) in [7, 11) is 0. The smallest absolute Gasteiger partial charge is 0.417 e. The quantitative estimate of drug-likeness (QED) is 0.791. The van der Waals surface area contributed by atoms with Crippen molar-refractivity contribution in [2.45, 2.75) is 25.6 Å². The average molecular weight is 290 g/mol. The summed E-state index contributed by atoms with van der Waals surface area (Å²) < 4.78 is 38.5. The SMILES string of the molecule is CC(C)(Nc1ccc(C(N)=O)c(C(F)(F)F)c1)C(=O)O. The summed E-state index contributed by atoms with van der Waals surface area (Å²) in [5.41, 5.74) is 1.47. The highest BCUT2D eigenvalue weighted by Crippen LogP contribution is 2.34. The number of carbonyl (C=O) groups is 2. The maximum absolute atomic E-state index is 12.8. The molecule has 8 heteroatoms. The van der Waals surface area contributed by atoms with E-state index in [4.69, 9.17) is 10.8 Å². The zero-order chi connectivity index (χ0) is 15.7. The summed E-state index contributed by atoms with van der Waals surface area (Å²) >= 11 is 0. The molecule has 4 N–H and O–H groups in total. The molecule has 0 aliphatic rings. The summed E-state index contributed by atoms with van der Waals surface area (Å²) in [6.07, 6.45) is -4.77. The molecule has 0 radical (unpaired) electrons. The Morgan fingerprint density at radius 3 is 2.20 bits per heavy atom. The van der Waals surface area contributed by atoms with E-state index in [1.54, 1.807) is 0 Å². The van der Waals surface area contributed by atoms with E-state index in [1.807, 2.05) is 0 Å². The van der Waals surface area contributed by atoms with E-state index in [0.717, 1.165) is 6.07 Å². The molecule has 1 aromatic rings. The van der Waals surface area contributed by atoms with E-state index in [-0.39, 0.29) is 5.69 Å². The fourth-order valence-electron chi connectivity index (χ4n) is 1.49. The first-order valence-electron chi connectivity index (χ1n) is 5.48. The first-order valence-corrected chi connectivity index (χ1v) is 5.48. The molecular weight excluding hydrogens is 277 g/mol.